The highest BCUT2D eigenvalue weighted by Gasteiger charge is 2.18. The summed E-state index contributed by atoms with van der Waals surface area (Å²) < 4.78 is 32.8. The summed E-state index contributed by atoms with van der Waals surface area (Å²) in [4.78, 5) is 9.97. The van der Waals surface area contributed by atoms with E-state index in [1.807, 2.05) is 13.8 Å². The predicted octanol–water partition coefficient (Wildman–Crippen LogP) is 3.18. The van der Waals surface area contributed by atoms with Crippen molar-refractivity contribution in [2.24, 2.45) is 0 Å². The van der Waals surface area contributed by atoms with Crippen molar-refractivity contribution >= 4 is 21.4 Å². The first kappa shape index (κ1) is 16.8. The van der Waals surface area contributed by atoms with E-state index >= 15 is 0 Å². The van der Waals surface area contributed by atoms with Gasteiger partial charge in [0.25, 0.3) is 15.7 Å². The van der Waals surface area contributed by atoms with Crippen LogP contribution in [0.3, 0.4) is 0 Å². The lowest BCUT2D eigenvalue weighted by molar-refractivity contribution is -0.384. The molecule has 0 bridgehead atoms. The maximum Gasteiger partial charge on any atom is 0.269 e. The molecule has 0 fully saturated rings. The lowest BCUT2D eigenvalue weighted by Gasteiger charge is -2.15. The molecule has 7 nitrogen and oxygen atoms in total. The van der Waals surface area contributed by atoms with E-state index in [4.69, 9.17) is 4.74 Å². The maximum absolute atomic E-state index is 12.4. The molecule has 0 atom stereocenters. The topological polar surface area (TPSA) is 98.5 Å². The van der Waals surface area contributed by atoms with Crippen LogP contribution in [0.15, 0.2) is 53.4 Å². The van der Waals surface area contributed by atoms with E-state index in [0.29, 0.717) is 11.4 Å². The van der Waals surface area contributed by atoms with E-state index in [0.717, 1.165) is 12.1 Å². The van der Waals surface area contributed by atoms with Crippen molar-refractivity contribution < 1.29 is 18.1 Å². The van der Waals surface area contributed by atoms with Gasteiger partial charge in [0.2, 0.25) is 0 Å². The molecule has 2 rings (SSSR count). The van der Waals surface area contributed by atoms with Crippen LogP contribution in [0.5, 0.6) is 5.75 Å². The zero-order valence-corrected chi connectivity index (χ0v) is 13.4. The number of sulfonamides is 1. The van der Waals surface area contributed by atoms with Gasteiger partial charge in [-0.2, -0.15) is 0 Å². The molecular weight excluding hydrogens is 320 g/mol. The first-order valence-corrected chi connectivity index (χ1v) is 8.31. The molecule has 0 spiro atoms. The highest BCUT2D eigenvalue weighted by Crippen LogP contribution is 2.27. The summed E-state index contributed by atoms with van der Waals surface area (Å²) in [6.45, 7) is 3.67. The Labute approximate surface area is 134 Å². The average Bonchev–Trinajstić information content (AvgIpc) is 2.48. The van der Waals surface area contributed by atoms with Crippen LogP contribution >= 0.6 is 0 Å². The van der Waals surface area contributed by atoms with E-state index < -0.39 is 14.9 Å². The number of benzene rings is 2. The standard InChI is InChI=1S/C15H16N2O5S/c1-11(2)22-15-6-4-3-5-14(15)16-23(20,21)13-9-7-12(8-10-13)17(18)19/h3-11,16H,1-2H3. The van der Waals surface area contributed by atoms with Gasteiger partial charge in [-0.1, -0.05) is 12.1 Å². The summed E-state index contributed by atoms with van der Waals surface area (Å²) in [5.74, 6) is 0.410. The highest BCUT2D eigenvalue weighted by atomic mass is 32.2. The second-order valence-electron chi connectivity index (χ2n) is 5.02. The van der Waals surface area contributed by atoms with Gasteiger partial charge in [0, 0.05) is 12.1 Å². The Morgan fingerprint density at radius 1 is 1.09 bits per heavy atom. The largest absolute Gasteiger partial charge is 0.489 e. The molecule has 0 aliphatic heterocycles. The number of nitrogens with one attached hydrogen (secondary N) is 1. The van der Waals surface area contributed by atoms with Gasteiger partial charge in [-0.3, -0.25) is 14.8 Å². The Balaban J connectivity index is 2.30. The Kier molecular flexibility index (Phi) is 4.85. The van der Waals surface area contributed by atoms with Gasteiger partial charge >= 0.3 is 0 Å². The molecular formula is C15H16N2O5S. The van der Waals surface area contributed by atoms with Crippen LogP contribution in [0.25, 0.3) is 0 Å². The van der Waals surface area contributed by atoms with E-state index in [1.54, 1.807) is 24.3 Å². The molecule has 0 unspecified atom stereocenters. The lowest BCUT2D eigenvalue weighted by atomic mass is 10.3. The van der Waals surface area contributed by atoms with Crippen LogP contribution in [0.2, 0.25) is 0 Å². The van der Waals surface area contributed by atoms with Gasteiger partial charge in [-0.05, 0) is 38.1 Å². The summed E-state index contributed by atoms with van der Waals surface area (Å²) in [5, 5.41) is 10.6. The molecule has 1 N–H and O–H groups in total. The van der Waals surface area contributed by atoms with Crippen LogP contribution in [-0.4, -0.2) is 19.4 Å². The van der Waals surface area contributed by atoms with Crippen LogP contribution in [0, 0.1) is 10.1 Å². The number of nitrogens with zero attached hydrogens (tertiary/aromatic N) is 1. The number of hydrogen-bond acceptors (Lipinski definition) is 5. The van der Waals surface area contributed by atoms with Crippen LogP contribution < -0.4 is 9.46 Å². The summed E-state index contributed by atoms with van der Waals surface area (Å²) in [6, 6.07) is 11.3. The van der Waals surface area contributed by atoms with E-state index in [1.165, 1.54) is 12.1 Å². The van der Waals surface area contributed by atoms with E-state index in [2.05, 4.69) is 4.72 Å². The number of ether oxygens (including phenoxy) is 1. The number of rotatable bonds is 6. The van der Waals surface area contributed by atoms with Gasteiger partial charge in [-0.15, -0.1) is 0 Å². The third kappa shape index (κ3) is 4.19. The molecule has 122 valence electrons. The molecule has 8 heteroatoms. The van der Waals surface area contributed by atoms with Crippen LogP contribution in [0.4, 0.5) is 11.4 Å². The Bertz CT molecular complexity index is 801. The lowest BCUT2D eigenvalue weighted by Crippen LogP contribution is -2.15. The molecule has 0 heterocycles. The van der Waals surface area contributed by atoms with E-state index in [9.17, 15) is 18.5 Å². The van der Waals surface area contributed by atoms with Gasteiger partial charge in [0.1, 0.15) is 5.75 Å². The molecule has 2 aromatic rings. The molecule has 0 radical (unpaired) electrons. The van der Waals surface area contributed by atoms with Gasteiger partial charge in [-0.25, -0.2) is 8.42 Å². The van der Waals surface area contributed by atoms with Crippen LogP contribution in [0.1, 0.15) is 13.8 Å². The van der Waals surface area contributed by atoms with Crippen molar-refractivity contribution in [2.75, 3.05) is 4.72 Å². The van der Waals surface area contributed by atoms with Crippen molar-refractivity contribution in [2.45, 2.75) is 24.8 Å². The monoisotopic (exact) mass is 336 g/mol. The van der Waals surface area contributed by atoms with Crippen molar-refractivity contribution in [3.05, 3.63) is 58.6 Å². The molecule has 2 aromatic carbocycles. The SMILES string of the molecule is CC(C)Oc1ccccc1NS(=O)(=O)c1ccc([N+](=O)[O-])cc1. The summed E-state index contributed by atoms with van der Waals surface area (Å²) >= 11 is 0. The Hall–Kier alpha value is -2.61. The number of hydrogen-bond donors (Lipinski definition) is 1. The molecule has 0 aliphatic rings. The minimum atomic E-state index is -3.87. The van der Waals surface area contributed by atoms with Crippen molar-refractivity contribution in [1.29, 1.82) is 0 Å². The van der Waals surface area contributed by atoms with Crippen molar-refractivity contribution in [3.63, 3.8) is 0 Å². The maximum atomic E-state index is 12.4. The molecule has 0 saturated carbocycles. The summed E-state index contributed by atoms with van der Waals surface area (Å²) in [6.07, 6.45) is -0.111. The Morgan fingerprint density at radius 2 is 1.70 bits per heavy atom. The Morgan fingerprint density at radius 3 is 2.26 bits per heavy atom. The molecule has 0 amide bonds. The number of para-hydroxylation sites is 2. The van der Waals surface area contributed by atoms with Gasteiger partial charge < -0.3 is 4.74 Å². The summed E-state index contributed by atoms with van der Waals surface area (Å²) in [7, 11) is -3.87. The second kappa shape index (κ2) is 6.66. The second-order valence-corrected chi connectivity index (χ2v) is 6.70. The number of non-ortho nitro benzene ring substituents is 1. The number of nitro benzene ring substituents is 1. The third-order valence-electron chi connectivity index (χ3n) is 2.85. The normalized spacial score (nSPS) is 11.3. The first-order valence-electron chi connectivity index (χ1n) is 6.82. The minimum absolute atomic E-state index is 0.0672. The first-order chi connectivity index (χ1) is 10.8. The summed E-state index contributed by atoms with van der Waals surface area (Å²) in [5.41, 5.74) is 0.132. The smallest absolute Gasteiger partial charge is 0.269 e. The van der Waals surface area contributed by atoms with Crippen LogP contribution in [-0.2, 0) is 10.0 Å². The van der Waals surface area contributed by atoms with E-state index in [-0.39, 0.29) is 16.7 Å². The fourth-order valence-electron chi connectivity index (χ4n) is 1.86. The van der Waals surface area contributed by atoms with Crippen molar-refractivity contribution in [3.8, 4) is 5.75 Å². The van der Waals surface area contributed by atoms with Gasteiger partial charge in [0.15, 0.2) is 0 Å². The predicted molar refractivity (Wildman–Crippen MR) is 86.1 cm³/mol. The number of anilines is 1. The minimum Gasteiger partial charge on any atom is -0.489 e. The zero-order valence-electron chi connectivity index (χ0n) is 12.6. The third-order valence-corrected chi connectivity index (χ3v) is 4.23. The average molecular weight is 336 g/mol. The fourth-order valence-corrected chi connectivity index (χ4v) is 2.93. The molecule has 23 heavy (non-hydrogen) atoms. The zero-order chi connectivity index (χ0) is 17.0. The van der Waals surface area contributed by atoms with Gasteiger partial charge in [0.05, 0.1) is 21.6 Å². The highest BCUT2D eigenvalue weighted by molar-refractivity contribution is 7.92. The molecule has 0 aliphatic carbocycles. The quantitative estimate of drug-likeness (QED) is 0.645. The number of nitro groups is 1. The van der Waals surface area contributed by atoms with Crippen molar-refractivity contribution in [1.82, 2.24) is 0 Å². The molecule has 0 saturated heterocycles. The fraction of sp³-hybridized carbons (Fsp3) is 0.200. The molecule has 0 aromatic heterocycles.